The third-order valence-corrected chi connectivity index (χ3v) is 4.28. The highest BCUT2D eigenvalue weighted by atomic mass is 16.5. The molecule has 0 bridgehead atoms. The van der Waals surface area contributed by atoms with Crippen LogP contribution in [0.25, 0.3) is 10.8 Å². The molecule has 0 spiro atoms. The van der Waals surface area contributed by atoms with Crippen LogP contribution in [0, 0.1) is 0 Å². The van der Waals surface area contributed by atoms with Gasteiger partial charge < -0.3 is 15.8 Å². The fraction of sp³-hybridized carbons (Fsp3) is 0.182. The minimum atomic E-state index is -0.822. The SMILES string of the molecule is NC(=O)C(NC(=O)CCCOc1cccc2ccccc12)c1ccccc1. The maximum atomic E-state index is 12.2. The molecule has 0 saturated heterocycles. The zero-order valence-electron chi connectivity index (χ0n) is 14.9. The maximum Gasteiger partial charge on any atom is 0.244 e. The lowest BCUT2D eigenvalue weighted by atomic mass is 10.1. The Balaban J connectivity index is 1.51. The van der Waals surface area contributed by atoms with Crippen molar-refractivity contribution in [2.24, 2.45) is 5.73 Å². The first-order valence-electron chi connectivity index (χ1n) is 8.89. The van der Waals surface area contributed by atoms with Gasteiger partial charge >= 0.3 is 0 Å². The van der Waals surface area contributed by atoms with E-state index in [9.17, 15) is 9.59 Å². The summed E-state index contributed by atoms with van der Waals surface area (Å²) in [7, 11) is 0. The molecule has 3 N–H and O–H groups in total. The van der Waals surface area contributed by atoms with Crippen molar-refractivity contribution in [2.75, 3.05) is 6.61 Å². The Morgan fingerprint density at radius 2 is 1.63 bits per heavy atom. The van der Waals surface area contributed by atoms with Gasteiger partial charge in [0.2, 0.25) is 11.8 Å². The summed E-state index contributed by atoms with van der Waals surface area (Å²) in [4.78, 5) is 23.8. The third kappa shape index (κ3) is 4.85. The molecule has 27 heavy (non-hydrogen) atoms. The predicted octanol–water partition coefficient (Wildman–Crippen LogP) is 3.34. The monoisotopic (exact) mass is 362 g/mol. The molecule has 3 rings (SSSR count). The fourth-order valence-corrected chi connectivity index (χ4v) is 2.93. The number of nitrogens with one attached hydrogen (secondary N) is 1. The van der Waals surface area contributed by atoms with E-state index in [1.165, 1.54) is 0 Å². The quantitative estimate of drug-likeness (QED) is 0.603. The first-order valence-corrected chi connectivity index (χ1v) is 8.89. The summed E-state index contributed by atoms with van der Waals surface area (Å²) < 4.78 is 5.84. The van der Waals surface area contributed by atoms with Crippen molar-refractivity contribution in [2.45, 2.75) is 18.9 Å². The Hall–Kier alpha value is -3.34. The van der Waals surface area contributed by atoms with Crippen molar-refractivity contribution in [1.82, 2.24) is 5.32 Å². The Labute approximate surface area is 158 Å². The van der Waals surface area contributed by atoms with E-state index in [2.05, 4.69) is 5.32 Å². The topological polar surface area (TPSA) is 81.4 Å². The van der Waals surface area contributed by atoms with Crippen LogP contribution >= 0.6 is 0 Å². The number of benzene rings is 3. The smallest absolute Gasteiger partial charge is 0.244 e. The maximum absolute atomic E-state index is 12.2. The first kappa shape index (κ1) is 18.5. The summed E-state index contributed by atoms with van der Waals surface area (Å²) in [6, 6.07) is 22.0. The lowest BCUT2D eigenvalue weighted by Gasteiger charge is -2.16. The molecular formula is C22H22N2O3. The zero-order valence-corrected chi connectivity index (χ0v) is 14.9. The highest BCUT2D eigenvalue weighted by Gasteiger charge is 2.19. The molecular weight excluding hydrogens is 340 g/mol. The zero-order chi connectivity index (χ0) is 19.1. The highest BCUT2D eigenvalue weighted by molar-refractivity contribution is 5.88. The van der Waals surface area contributed by atoms with Gasteiger partial charge in [0.25, 0.3) is 0 Å². The number of amides is 2. The second-order valence-electron chi connectivity index (χ2n) is 6.24. The van der Waals surface area contributed by atoms with Gasteiger partial charge in [0.15, 0.2) is 0 Å². The number of carbonyl (C=O) groups is 2. The number of rotatable bonds is 8. The van der Waals surface area contributed by atoms with Gasteiger partial charge in [-0.3, -0.25) is 9.59 Å². The van der Waals surface area contributed by atoms with Crippen LogP contribution in [0.1, 0.15) is 24.4 Å². The second-order valence-corrected chi connectivity index (χ2v) is 6.24. The van der Waals surface area contributed by atoms with E-state index < -0.39 is 11.9 Å². The van der Waals surface area contributed by atoms with Gasteiger partial charge in [0.1, 0.15) is 11.8 Å². The average Bonchev–Trinajstić information content (AvgIpc) is 2.70. The Morgan fingerprint density at radius 3 is 2.41 bits per heavy atom. The highest BCUT2D eigenvalue weighted by Crippen LogP contribution is 2.25. The molecule has 5 heteroatoms. The van der Waals surface area contributed by atoms with Crippen LogP contribution in [0.5, 0.6) is 5.75 Å². The first-order chi connectivity index (χ1) is 13.1. The van der Waals surface area contributed by atoms with E-state index in [-0.39, 0.29) is 12.3 Å². The second kappa shape index (κ2) is 8.85. The standard InChI is InChI=1S/C22H22N2O3/c23-22(26)21(17-9-2-1-3-10-17)24-20(25)14-7-15-27-19-13-6-11-16-8-4-5-12-18(16)19/h1-6,8-13,21H,7,14-15H2,(H2,23,26)(H,24,25). The molecule has 5 nitrogen and oxygen atoms in total. The Bertz CT molecular complexity index is 920. The largest absolute Gasteiger partial charge is 0.493 e. The summed E-state index contributed by atoms with van der Waals surface area (Å²) in [6.45, 7) is 0.411. The number of hydrogen-bond donors (Lipinski definition) is 2. The molecule has 0 aliphatic rings. The lowest BCUT2D eigenvalue weighted by Crippen LogP contribution is -2.37. The molecule has 0 aliphatic carbocycles. The van der Waals surface area contributed by atoms with Crippen LogP contribution in [0.4, 0.5) is 0 Å². The van der Waals surface area contributed by atoms with Gasteiger partial charge in [0, 0.05) is 11.8 Å². The predicted molar refractivity (Wildman–Crippen MR) is 105 cm³/mol. The number of nitrogens with two attached hydrogens (primary N) is 1. The van der Waals surface area contributed by atoms with Gasteiger partial charge in [-0.1, -0.05) is 66.7 Å². The average molecular weight is 362 g/mol. The van der Waals surface area contributed by atoms with Crippen LogP contribution in [0.2, 0.25) is 0 Å². The third-order valence-electron chi connectivity index (χ3n) is 4.28. The summed E-state index contributed by atoms with van der Waals surface area (Å²) in [6.07, 6.45) is 0.788. The summed E-state index contributed by atoms with van der Waals surface area (Å²) in [5.41, 5.74) is 6.09. The van der Waals surface area contributed by atoms with Gasteiger partial charge in [-0.15, -0.1) is 0 Å². The van der Waals surface area contributed by atoms with E-state index in [1.54, 1.807) is 24.3 Å². The van der Waals surface area contributed by atoms with E-state index in [4.69, 9.17) is 10.5 Å². The molecule has 2 amide bonds. The molecule has 138 valence electrons. The molecule has 3 aromatic rings. The van der Waals surface area contributed by atoms with Crippen molar-refractivity contribution in [3.8, 4) is 5.75 Å². The number of hydrogen-bond acceptors (Lipinski definition) is 3. The normalized spacial score (nSPS) is 11.7. The number of ether oxygens (including phenoxy) is 1. The molecule has 0 aromatic heterocycles. The Morgan fingerprint density at radius 1 is 0.926 bits per heavy atom. The van der Waals surface area contributed by atoms with Crippen LogP contribution in [-0.4, -0.2) is 18.4 Å². The fourth-order valence-electron chi connectivity index (χ4n) is 2.93. The van der Waals surface area contributed by atoms with Gasteiger partial charge in [-0.05, 0) is 23.4 Å². The molecule has 0 saturated carbocycles. The van der Waals surface area contributed by atoms with Crippen LogP contribution < -0.4 is 15.8 Å². The lowest BCUT2D eigenvalue weighted by molar-refractivity contribution is -0.127. The molecule has 0 radical (unpaired) electrons. The van der Waals surface area contributed by atoms with Crippen LogP contribution in [-0.2, 0) is 9.59 Å². The number of fused-ring (bicyclic) bond motifs is 1. The molecule has 0 aliphatic heterocycles. The van der Waals surface area contributed by atoms with E-state index in [0.29, 0.717) is 18.6 Å². The summed E-state index contributed by atoms with van der Waals surface area (Å²) in [5.74, 6) is -0.0152. The minimum Gasteiger partial charge on any atom is -0.493 e. The molecule has 3 aromatic carbocycles. The molecule has 0 fully saturated rings. The van der Waals surface area contributed by atoms with Crippen molar-refractivity contribution >= 4 is 22.6 Å². The van der Waals surface area contributed by atoms with Crippen molar-refractivity contribution in [3.05, 3.63) is 78.4 Å². The molecule has 1 unspecified atom stereocenters. The summed E-state index contributed by atoms with van der Waals surface area (Å²) >= 11 is 0. The minimum absolute atomic E-state index is 0.232. The van der Waals surface area contributed by atoms with E-state index in [0.717, 1.165) is 16.5 Å². The van der Waals surface area contributed by atoms with E-state index in [1.807, 2.05) is 48.5 Å². The van der Waals surface area contributed by atoms with Crippen molar-refractivity contribution < 1.29 is 14.3 Å². The van der Waals surface area contributed by atoms with E-state index >= 15 is 0 Å². The Kier molecular flexibility index (Phi) is 6.05. The van der Waals surface area contributed by atoms with Crippen molar-refractivity contribution in [3.63, 3.8) is 0 Å². The van der Waals surface area contributed by atoms with Crippen molar-refractivity contribution in [1.29, 1.82) is 0 Å². The van der Waals surface area contributed by atoms with Crippen LogP contribution in [0.3, 0.4) is 0 Å². The molecule has 0 heterocycles. The number of primary amides is 1. The van der Waals surface area contributed by atoms with Gasteiger partial charge in [-0.25, -0.2) is 0 Å². The number of carbonyl (C=O) groups excluding carboxylic acids is 2. The molecule has 1 atom stereocenters. The van der Waals surface area contributed by atoms with Gasteiger partial charge in [-0.2, -0.15) is 0 Å². The summed E-state index contributed by atoms with van der Waals surface area (Å²) in [5, 5.41) is 4.85. The van der Waals surface area contributed by atoms with Crippen LogP contribution in [0.15, 0.2) is 72.8 Å². The van der Waals surface area contributed by atoms with Gasteiger partial charge in [0.05, 0.1) is 6.61 Å².